The fourth-order valence-electron chi connectivity index (χ4n) is 3.56. The maximum atomic E-state index is 12.7. The zero-order chi connectivity index (χ0) is 22.7. The third kappa shape index (κ3) is 5.17. The number of amides is 2. The van der Waals surface area contributed by atoms with Crippen LogP contribution in [0.5, 0.6) is 0 Å². The van der Waals surface area contributed by atoms with Crippen molar-refractivity contribution in [2.45, 2.75) is 25.3 Å². The van der Waals surface area contributed by atoms with E-state index in [4.69, 9.17) is 4.42 Å². The van der Waals surface area contributed by atoms with Crippen molar-refractivity contribution in [1.29, 1.82) is 0 Å². The lowest BCUT2D eigenvalue weighted by molar-refractivity contribution is -0.116. The van der Waals surface area contributed by atoms with Crippen molar-refractivity contribution in [2.75, 3.05) is 16.4 Å². The Labute approximate surface area is 185 Å². The minimum absolute atomic E-state index is 0.137. The molecule has 0 saturated heterocycles. The molecule has 0 spiro atoms. The Morgan fingerprint density at radius 1 is 1.09 bits per heavy atom. The number of furan rings is 1. The third-order valence-corrected chi connectivity index (χ3v) is 6.69. The summed E-state index contributed by atoms with van der Waals surface area (Å²) in [5, 5.41) is 8.43. The largest absolute Gasteiger partial charge is 0.467 e. The average molecular weight is 454 g/mol. The van der Waals surface area contributed by atoms with Gasteiger partial charge in [0.2, 0.25) is 5.91 Å². The van der Waals surface area contributed by atoms with Crippen LogP contribution in [0.15, 0.2) is 65.3 Å². The van der Waals surface area contributed by atoms with Crippen LogP contribution in [-0.4, -0.2) is 32.0 Å². The van der Waals surface area contributed by atoms with E-state index in [2.05, 4.69) is 16.0 Å². The second kappa shape index (κ2) is 8.88. The van der Waals surface area contributed by atoms with Crippen LogP contribution in [0, 0.1) is 6.92 Å². The lowest BCUT2D eigenvalue weighted by Gasteiger charge is -2.27. The first-order valence-corrected chi connectivity index (χ1v) is 11.9. The highest BCUT2D eigenvalue weighted by Gasteiger charge is 2.30. The van der Waals surface area contributed by atoms with E-state index in [1.165, 1.54) is 6.26 Å². The second-order valence-corrected chi connectivity index (χ2v) is 9.86. The fraction of sp³-hybridized carbons (Fsp3) is 0.217. The molecular formula is C23H23N3O5S. The van der Waals surface area contributed by atoms with Gasteiger partial charge in [0.15, 0.2) is 9.84 Å². The smallest absolute Gasteiger partial charge is 0.251 e. The van der Waals surface area contributed by atoms with E-state index in [9.17, 15) is 18.0 Å². The molecule has 9 heteroatoms. The molecule has 166 valence electrons. The van der Waals surface area contributed by atoms with Gasteiger partial charge in [-0.15, -0.1) is 0 Å². The standard InChI is InChI=1S/C23H23N3O5S/c1-15-4-2-5-16(10-15)13-32(29,30)14-21-23(28)26-20-11-17(7-8-19(20)25-21)22(27)24-12-18-6-3-9-31-18/h2-11,21,25H,12-14H2,1H3,(H,24,27)(H,26,28)/t21-/m0/s1. The van der Waals surface area contributed by atoms with E-state index in [-0.39, 0.29) is 24.0 Å². The number of aryl methyl sites for hydroxylation is 1. The quantitative estimate of drug-likeness (QED) is 0.506. The SMILES string of the molecule is Cc1cccc(CS(=O)(=O)C[C@@H]2Nc3ccc(C(=O)NCc4ccco4)cc3NC2=O)c1. The highest BCUT2D eigenvalue weighted by molar-refractivity contribution is 7.90. The number of rotatable bonds is 7. The predicted molar refractivity (Wildman–Crippen MR) is 121 cm³/mol. The number of nitrogens with one attached hydrogen (secondary N) is 3. The Bertz CT molecular complexity index is 1250. The minimum Gasteiger partial charge on any atom is -0.467 e. The van der Waals surface area contributed by atoms with Crippen LogP contribution in [0.1, 0.15) is 27.2 Å². The van der Waals surface area contributed by atoms with Crippen LogP contribution in [0.2, 0.25) is 0 Å². The summed E-state index contributed by atoms with van der Waals surface area (Å²) in [7, 11) is -3.53. The van der Waals surface area contributed by atoms with Gasteiger partial charge in [-0.2, -0.15) is 0 Å². The van der Waals surface area contributed by atoms with Crippen molar-refractivity contribution in [3.8, 4) is 0 Å². The molecule has 32 heavy (non-hydrogen) atoms. The maximum Gasteiger partial charge on any atom is 0.251 e. The molecule has 2 aromatic carbocycles. The number of benzene rings is 2. The average Bonchev–Trinajstić information content (AvgIpc) is 3.25. The summed E-state index contributed by atoms with van der Waals surface area (Å²) in [6.07, 6.45) is 1.53. The topological polar surface area (TPSA) is 118 Å². The molecule has 2 amide bonds. The Kier molecular flexibility index (Phi) is 6.00. The van der Waals surface area contributed by atoms with E-state index >= 15 is 0 Å². The molecular weight excluding hydrogens is 430 g/mol. The summed E-state index contributed by atoms with van der Waals surface area (Å²) in [5.74, 6) is -0.625. The highest BCUT2D eigenvalue weighted by atomic mass is 32.2. The zero-order valence-corrected chi connectivity index (χ0v) is 18.2. The molecule has 4 rings (SSSR count). The van der Waals surface area contributed by atoms with Crippen molar-refractivity contribution in [1.82, 2.24) is 5.32 Å². The molecule has 8 nitrogen and oxygen atoms in total. The van der Waals surface area contributed by atoms with Gasteiger partial charge in [-0.05, 0) is 42.8 Å². The summed E-state index contributed by atoms with van der Waals surface area (Å²) in [4.78, 5) is 24.9. The van der Waals surface area contributed by atoms with Gasteiger partial charge >= 0.3 is 0 Å². The molecule has 0 unspecified atom stereocenters. The van der Waals surface area contributed by atoms with Gasteiger partial charge in [0.25, 0.3) is 5.91 Å². The molecule has 1 aromatic heterocycles. The first kappa shape index (κ1) is 21.6. The zero-order valence-electron chi connectivity index (χ0n) is 17.4. The number of anilines is 2. The summed E-state index contributed by atoms with van der Waals surface area (Å²) >= 11 is 0. The van der Waals surface area contributed by atoms with Crippen molar-refractivity contribution >= 4 is 33.0 Å². The minimum atomic E-state index is -3.53. The summed E-state index contributed by atoms with van der Waals surface area (Å²) < 4.78 is 30.5. The fourth-order valence-corrected chi connectivity index (χ4v) is 5.10. The molecule has 0 fully saturated rings. The highest BCUT2D eigenvalue weighted by Crippen LogP contribution is 2.28. The number of sulfone groups is 1. The van der Waals surface area contributed by atoms with Gasteiger partial charge in [-0.3, -0.25) is 9.59 Å². The van der Waals surface area contributed by atoms with Crippen molar-refractivity contribution in [3.05, 3.63) is 83.3 Å². The van der Waals surface area contributed by atoms with Crippen molar-refractivity contribution in [3.63, 3.8) is 0 Å². The van der Waals surface area contributed by atoms with Gasteiger partial charge in [0.05, 0.1) is 35.7 Å². The maximum absolute atomic E-state index is 12.7. The molecule has 1 atom stereocenters. The van der Waals surface area contributed by atoms with Crippen LogP contribution < -0.4 is 16.0 Å². The lowest BCUT2D eigenvalue weighted by Crippen LogP contribution is -2.43. The molecule has 0 radical (unpaired) electrons. The number of fused-ring (bicyclic) bond motifs is 1. The third-order valence-electron chi connectivity index (χ3n) is 5.08. The van der Waals surface area contributed by atoms with E-state index in [0.29, 0.717) is 28.3 Å². The molecule has 0 aliphatic carbocycles. The van der Waals surface area contributed by atoms with Crippen molar-refractivity contribution < 1.29 is 22.4 Å². The Balaban J connectivity index is 1.42. The number of carbonyl (C=O) groups excluding carboxylic acids is 2. The normalized spacial score (nSPS) is 15.4. The van der Waals surface area contributed by atoms with E-state index < -0.39 is 21.8 Å². The van der Waals surface area contributed by atoms with Crippen LogP contribution in [-0.2, 0) is 26.9 Å². The Hall–Kier alpha value is -3.59. The summed E-state index contributed by atoms with van der Waals surface area (Å²) in [5.41, 5.74) is 3.01. The first-order valence-electron chi connectivity index (χ1n) is 10.1. The second-order valence-electron chi connectivity index (χ2n) is 7.75. The lowest BCUT2D eigenvalue weighted by atomic mass is 10.1. The van der Waals surface area contributed by atoms with Crippen LogP contribution >= 0.6 is 0 Å². The summed E-state index contributed by atoms with van der Waals surface area (Å²) in [6, 6.07) is 14.7. The monoisotopic (exact) mass is 453 g/mol. The molecule has 0 saturated carbocycles. The number of hydrogen-bond acceptors (Lipinski definition) is 6. The molecule has 1 aliphatic heterocycles. The molecule has 3 aromatic rings. The van der Waals surface area contributed by atoms with E-state index in [1.807, 2.05) is 25.1 Å². The number of hydrogen-bond donors (Lipinski definition) is 3. The van der Waals surface area contributed by atoms with Crippen LogP contribution in [0.25, 0.3) is 0 Å². The van der Waals surface area contributed by atoms with E-state index in [0.717, 1.165) is 5.56 Å². The van der Waals surface area contributed by atoms with Gasteiger partial charge in [0.1, 0.15) is 11.8 Å². The molecule has 1 aliphatic rings. The molecule has 3 N–H and O–H groups in total. The van der Waals surface area contributed by atoms with Crippen LogP contribution in [0.3, 0.4) is 0 Å². The van der Waals surface area contributed by atoms with Gasteiger partial charge < -0.3 is 20.4 Å². The first-order chi connectivity index (χ1) is 15.3. The summed E-state index contributed by atoms with van der Waals surface area (Å²) in [6.45, 7) is 2.14. The Morgan fingerprint density at radius 3 is 2.69 bits per heavy atom. The Morgan fingerprint density at radius 2 is 1.94 bits per heavy atom. The van der Waals surface area contributed by atoms with E-state index in [1.54, 1.807) is 36.4 Å². The molecule has 0 bridgehead atoms. The van der Waals surface area contributed by atoms with Gasteiger partial charge in [0, 0.05) is 5.56 Å². The van der Waals surface area contributed by atoms with Crippen LogP contribution in [0.4, 0.5) is 11.4 Å². The molecule has 2 heterocycles. The van der Waals surface area contributed by atoms with Gasteiger partial charge in [-0.25, -0.2) is 8.42 Å². The predicted octanol–water partition coefficient (Wildman–Crippen LogP) is 2.87. The van der Waals surface area contributed by atoms with Crippen molar-refractivity contribution in [2.24, 2.45) is 0 Å². The van der Waals surface area contributed by atoms with Gasteiger partial charge in [-0.1, -0.05) is 29.8 Å². The number of carbonyl (C=O) groups is 2.